The molecule has 0 saturated carbocycles. The first-order valence-electron chi connectivity index (χ1n) is 10.2. The molecule has 4 N–H and O–H groups in total. The maximum atomic E-state index is 5.34. The molecule has 11 heteroatoms. The molecule has 0 amide bonds. The molecule has 0 aromatic rings. The number of likely N-dealkylation sites (tertiary alicyclic amines) is 1. The van der Waals surface area contributed by atoms with E-state index in [1.54, 1.807) is 0 Å². The Morgan fingerprint density at radius 1 is 0.793 bits per heavy atom. The second-order valence-corrected chi connectivity index (χ2v) is 7.95. The zero-order valence-corrected chi connectivity index (χ0v) is 19.1. The van der Waals surface area contributed by atoms with Gasteiger partial charge in [0, 0.05) is 39.3 Å². The molecule has 2 aliphatic heterocycles. The number of hydrazone groups is 2. The minimum absolute atomic E-state index is 0.498. The summed E-state index contributed by atoms with van der Waals surface area (Å²) in [6.07, 6.45) is 2.59. The summed E-state index contributed by atoms with van der Waals surface area (Å²) < 4.78 is 5.34. The Kier molecular flexibility index (Phi) is 11.3. The lowest BCUT2D eigenvalue weighted by Gasteiger charge is -2.26. The smallest absolute Gasteiger partial charge is 0.187 e. The molecule has 0 aromatic carbocycles. The van der Waals surface area contributed by atoms with Crippen molar-refractivity contribution in [3.05, 3.63) is 0 Å². The standard InChI is InChI=1S/C18H34N8OS2/c1-15(21-23-17(28)19-5-9-25-7-3-4-8-25)16(2)22-24-18(29)20-6-10-26-11-13-27-14-12-26/h3-14H2,1-2H3,(H2,19,23,28)(H2,20,24,29)/b21-15-,22-16-. The van der Waals surface area contributed by atoms with Crippen LogP contribution in [0.25, 0.3) is 0 Å². The van der Waals surface area contributed by atoms with Gasteiger partial charge in [0.1, 0.15) is 0 Å². The molecular weight excluding hydrogens is 408 g/mol. The van der Waals surface area contributed by atoms with Crippen LogP contribution in [0.4, 0.5) is 0 Å². The first-order valence-corrected chi connectivity index (χ1v) is 11.1. The maximum Gasteiger partial charge on any atom is 0.187 e. The Hall–Kier alpha value is -1.40. The first kappa shape index (κ1) is 23.9. The summed E-state index contributed by atoms with van der Waals surface area (Å²) in [6.45, 7) is 13.2. The molecule has 29 heavy (non-hydrogen) atoms. The topological polar surface area (TPSA) is 88.5 Å². The fraction of sp³-hybridized carbons (Fsp3) is 0.778. The van der Waals surface area contributed by atoms with E-state index in [4.69, 9.17) is 29.2 Å². The average molecular weight is 443 g/mol. The van der Waals surface area contributed by atoms with E-state index in [9.17, 15) is 0 Å². The van der Waals surface area contributed by atoms with E-state index in [2.05, 4.69) is 41.5 Å². The van der Waals surface area contributed by atoms with E-state index < -0.39 is 0 Å². The highest BCUT2D eigenvalue weighted by atomic mass is 32.1. The van der Waals surface area contributed by atoms with Crippen LogP contribution in [0.1, 0.15) is 26.7 Å². The molecule has 2 saturated heterocycles. The number of nitrogens with zero attached hydrogens (tertiary/aromatic N) is 4. The quantitative estimate of drug-likeness (QED) is 0.225. The van der Waals surface area contributed by atoms with Gasteiger partial charge in [-0.3, -0.25) is 15.8 Å². The fourth-order valence-corrected chi connectivity index (χ4v) is 3.29. The largest absolute Gasteiger partial charge is 0.379 e. The van der Waals surface area contributed by atoms with Crippen LogP contribution < -0.4 is 21.5 Å². The maximum absolute atomic E-state index is 5.34. The Morgan fingerprint density at radius 3 is 1.72 bits per heavy atom. The zero-order chi connectivity index (χ0) is 20.9. The van der Waals surface area contributed by atoms with Crippen molar-refractivity contribution >= 4 is 46.1 Å². The Labute approximate surface area is 184 Å². The molecule has 2 fully saturated rings. The van der Waals surface area contributed by atoms with E-state index in [1.165, 1.54) is 25.9 Å². The monoisotopic (exact) mass is 442 g/mol. The van der Waals surface area contributed by atoms with Gasteiger partial charge in [0.15, 0.2) is 10.2 Å². The van der Waals surface area contributed by atoms with E-state index in [0.717, 1.165) is 63.9 Å². The summed E-state index contributed by atoms with van der Waals surface area (Å²) in [5.41, 5.74) is 7.19. The number of morpholine rings is 1. The second-order valence-electron chi connectivity index (χ2n) is 7.13. The molecule has 2 aliphatic rings. The predicted octanol–water partition coefficient (Wildman–Crippen LogP) is 0.0944. The third-order valence-electron chi connectivity index (χ3n) is 4.90. The lowest BCUT2D eigenvalue weighted by molar-refractivity contribution is 0.0389. The van der Waals surface area contributed by atoms with Gasteiger partial charge in [-0.2, -0.15) is 10.2 Å². The zero-order valence-electron chi connectivity index (χ0n) is 17.5. The number of ether oxygens (including phenoxy) is 1. The predicted molar refractivity (Wildman–Crippen MR) is 127 cm³/mol. The third kappa shape index (κ3) is 10.3. The van der Waals surface area contributed by atoms with Crippen molar-refractivity contribution in [3.8, 4) is 0 Å². The highest BCUT2D eigenvalue weighted by Gasteiger charge is 2.11. The van der Waals surface area contributed by atoms with Crippen molar-refractivity contribution in [2.45, 2.75) is 26.7 Å². The number of rotatable bonds is 9. The molecular formula is C18H34N8OS2. The van der Waals surface area contributed by atoms with Crippen molar-refractivity contribution in [1.82, 2.24) is 31.3 Å². The Balaban J connectivity index is 1.58. The van der Waals surface area contributed by atoms with Crippen molar-refractivity contribution in [1.29, 1.82) is 0 Å². The van der Waals surface area contributed by atoms with Crippen molar-refractivity contribution in [2.24, 2.45) is 10.2 Å². The SMILES string of the molecule is CC(=N/NC(=S)NCCN1CCCC1)/C(C)=N\NC(=S)NCCN1CCOCC1. The van der Waals surface area contributed by atoms with Gasteiger partial charge in [-0.1, -0.05) is 0 Å². The van der Waals surface area contributed by atoms with Crippen LogP contribution in [0.5, 0.6) is 0 Å². The molecule has 0 radical (unpaired) electrons. The number of hydrogen-bond acceptors (Lipinski definition) is 7. The van der Waals surface area contributed by atoms with Gasteiger partial charge in [-0.15, -0.1) is 0 Å². The summed E-state index contributed by atoms with van der Waals surface area (Å²) >= 11 is 10.5. The van der Waals surface area contributed by atoms with Gasteiger partial charge in [0.05, 0.1) is 24.6 Å². The lowest BCUT2D eigenvalue weighted by Crippen LogP contribution is -2.43. The summed E-state index contributed by atoms with van der Waals surface area (Å²) in [7, 11) is 0. The highest BCUT2D eigenvalue weighted by molar-refractivity contribution is 7.80. The summed E-state index contributed by atoms with van der Waals surface area (Å²) in [5.74, 6) is 0. The molecule has 0 atom stereocenters. The Morgan fingerprint density at radius 2 is 1.24 bits per heavy atom. The first-order chi connectivity index (χ1) is 14.0. The van der Waals surface area contributed by atoms with E-state index in [0.29, 0.717) is 10.2 Å². The van der Waals surface area contributed by atoms with Crippen molar-refractivity contribution < 1.29 is 4.74 Å². The van der Waals surface area contributed by atoms with Crippen LogP contribution in [0.2, 0.25) is 0 Å². The molecule has 164 valence electrons. The van der Waals surface area contributed by atoms with Gasteiger partial charge in [-0.25, -0.2) is 0 Å². The van der Waals surface area contributed by atoms with Crippen molar-refractivity contribution in [3.63, 3.8) is 0 Å². The van der Waals surface area contributed by atoms with E-state index in [1.807, 2.05) is 13.8 Å². The van der Waals surface area contributed by atoms with Gasteiger partial charge in [0.25, 0.3) is 0 Å². The highest BCUT2D eigenvalue weighted by Crippen LogP contribution is 2.05. The minimum atomic E-state index is 0.498. The van der Waals surface area contributed by atoms with Crippen LogP contribution in [-0.4, -0.2) is 97.0 Å². The average Bonchev–Trinajstić information content (AvgIpc) is 3.24. The third-order valence-corrected chi connectivity index (χ3v) is 5.37. The van der Waals surface area contributed by atoms with Gasteiger partial charge >= 0.3 is 0 Å². The lowest BCUT2D eigenvalue weighted by atomic mass is 10.3. The van der Waals surface area contributed by atoms with E-state index >= 15 is 0 Å². The molecule has 2 rings (SSSR count). The molecule has 0 aliphatic carbocycles. The van der Waals surface area contributed by atoms with E-state index in [-0.39, 0.29) is 0 Å². The Bertz CT molecular complexity index is 586. The molecule has 2 heterocycles. The molecule has 9 nitrogen and oxygen atoms in total. The number of nitrogens with one attached hydrogen (secondary N) is 4. The van der Waals surface area contributed by atoms with Gasteiger partial charge in [-0.05, 0) is 64.2 Å². The van der Waals surface area contributed by atoms with Crippen LogP contribution in [-0.2, 0) is 4.74 Å². The van der Waals surface area contributed by atoms with Gasteiger partial charge < -0.3 is 20.3 Å². The summed E-state index contributed by atoms with van der Waals surface area (Å²) in [4.78, 5) is 4.78. The normalized spacial score (nSPS) is 19.1. The van der Waals surface area contributed by atoms with Crippen LogP contribution in [0.15, 0.2) is 10.2 Å². The summed E-state index contributed by atoms with van der Waals surface area (Å²) in [6, 6.07) is 0. The minimum Gasteiger partial charge on any atom is -0.379 e. The molecule has 0 spiro atoms. The summed E-state index contributed by atoms with van der Waals surface area (Å²) in [5, 5.41) is 15.9. The molecule has 0 bridgehead atoms. The fourth-order valence-electron chi connectivity index (χ4n) is 3.00. The van der Waals surface area contributed by atoms with Crippen LogP contribution >= 0.6 is 24.4 Å². The molecule has 0 unspecified atom stereocenters. The van der Waals surface area contributed by atoms with Gasteiger partial charge in [0.2, 0.25) is 0 Å². The molecule has 0 aromatic heterocycles. The van der Waals surface area contributed by atoms with Crippen LogP contribution in [0.3, 0.4) is 0 Å². The van der Waals surface area contributed by atoms with Crippen LogP contribution in [0, 0.1) is 0 Å². The second kappa shape index (κ2) is 13.8. The number of hydrogen-bond donors (Lipinski definition) is 4. The van der Waals surface area contributed by atoms with Crippen molar-refractivity contribution in [2.75, 3.05) is 65.6 Å². The number of thiocarbonyl (C=S) groups is 2.